The molecule has 3 heterocycles. The molecule has 2 aliphatic rings. The molecule has 0 spiro atoms. The van der Waals surface area contributed by atoms with E-state index in [2.05, 4.69) is 28.1 Å². The second kappa shape index (κ2) is 12.0. The van der Waals surface area contributed by atoms with Crippen LogP contribution in [0.4, 0.5) is 10.6 Å². The Bertz CT molecular complexity index is 762. The highest BCUT2D eigenvalue weighted by molar-refractivity contribution is 5.83. The Labute approximate surface area is 191 Å². The van der Waals surface area contributed by atoms with Gasteiger partial charge in [-0.05, 0) is 57.6 Å². The quantitative estimate of drug-likeness (QED) is 0.412. The van der Waals surface area contributed by atoms with E-state index < -0.39 is 12.0 Å². The van der Waals surface area contributed by atoms with E-state index in [0.717, 1.165) is 76.1 Å². The molecule has 0 saturated carbocycles. The van der Waals surface area contributed by atoms with E-state index in [1.807, 2.05) is 13.8 Å². The predicted molar refractivity (Wildman–Crippen MR) is 126 cm³/mol. The van der Waals surface area contributed by atoms with E-state index in [-0.39, 0.29) is 18.1 Å². The van der Waals surface area contributed by atoms with E-state index in [9.17, 15) is 14.7 Å². The SMILES string of the molecule is C[C@@H]1CNC[C@H](C)N1C(=O)N[C@@H](CCCCCCCc1ccc2c(n1)NCCC2)C(=O)O. The van der Waals surface area contributed by atoms with Crippen molar-refractivity contribution in [2.75, 3.05) is 25.0 Å². The summed E-state index contributed by atoms with van der Waals surface area (Å²) in [6, 6.07) is 3.34. The molecule has 0 aliphatic carbocycles. The van der Waals surface area contributed by atoms with Crippen LogP contribution in [0.15, 0.2) is 12.1 Å². The number of piperazine rings is 1. The minimum Gasteiger partial charge on any atom is -0.480 e. The molecule has 2 amide bonds. The van der Waals surface area contributed by atoms with E-state index in [1.165, 1.54) is 12.0 Å². The predicted octanol–water partition coefficient (Wildman–Crippen LogP) is 3.17. The maximum atomic E-state index is 12.6. The number of carbonyl (C=O) groups excluding carboxylic acids is 1. The molecule has 1 saturated heterocycles. The van der Waals surface area contributed by atoms with Crippen LogP contribution in [0.2, 0.25) is 0 Å². The van der Waals surface area contributed by atoms with Gasteiger partial charge in [-0.1, -0.05) is 31.7 Å². The molecule has 0 aromatic carbocycles. The number of aromatic nitrogens is 1. The van der Waals surface area contributed by atoms with Gasteiger partial charge in [-0.25, -0.2) is 14.6 Å². The van der Waals surface area contributed by atoms with Crippen LogP contribution in [0.5, 0.6) is 0 Å². The van der Waals surface area contributed by atoms with Gasteiger partial charge >= 0.3 is 12.0 Å². The van der Waals surface area contributed by atoms with Crippen molar-refractivity contribution in [2.45, 2.75) is 89.8 Å². The molecule has 0 unspecified atom stereocenters. The first-order chi connectivity index (χ1) is 15.5. The number of hydrogen-bond donors (Lipinski definition) is 4. The molecular formula is C24H39N5O3. The summed E-state index contributed by atoms with van der Waals surface area (Å²) in [5.41, 5.74) is 2.46. The monoisotopic (exact) mass is 445 g/mol. The van der Waals surface area contributed by atoms with Gasteiger partial charge in [-0.15, -0.1) is 0 Å². The first-order valence-electron chi connectivity index (χ1n) is 12.2. The lowest BCUT2D eigenvalue weighted by molar-refractivity contribution is -0.139. The Morgan fingerprint density at radius 2 is 1.88 bits per heavy atom. The number of anilines is 1. The average molecular weight is 446 g/mol. The van der Waals surface area contributed by atoms with Crippen LogP contribution < -0.4 is 16.0 Å². The Morgan fingerprint density at radius 3 is 2.62 bits per heavy atom. The van der Waals surface area contributed by atoms with Crippen LogP contribution in [0.1, 0.15) is 70.1 Å². The summed E-state index contributed by atoms with van der Waals surface area (Å²) >= 11 is 0. The number of aliphatic carboxylic acids is 1. The normalized spacial score (nSPS) is 21.4. The van der Waals surface area contributed by atoms with Gasteiger partial charge in [-0.3, -0.25) is 0 Å². The van der Waals surface area contributed by atoms with Gasteiger partial charge in [0.05, 0.1) is 0 Å². The first kappa shape index (κ1) is 24.3. The molecule has 178 valence electrons. The number of hydrogen-bond acceptors (Lipinski definition) is 5. The van der Waals surface area contributed by atoms with Gasteiger partial charge in [0.1, 0.15) is 11.9 Å². The molecule has 3 atom stereocenters. The van der Waals surface area contributed by atoms with Crippen LogP contribution in [-0.2, 0) is 17.6 Å². The minimum atomic E-state index is -0.958. The zero-order valence-corrected chi connectivity index (χ0v) is 19.5. The maximum Gasteiger partial charge on any atom is 0.326 e. The zero-order chi connectivity index (χ0) is 22.9. The fourth-order valence-corrected chi connectivity index (χ4v) is 4.71. The fraction of sp³-hybridized carbons (Fsp3) is 0.708. The van der Waals surface area contributed by atoms with Gasteiger partial charge in [0.25, 0.3) is 0 Å². The molecule has 4 N–H and O–H groups in total. The van der Waals surface area contributed by atoms with Crippen molar-refractivity contribution < 1.29 is 14.7 Å². The van der Waals surface area contributed by atoms with Crippen molar-refractivity contribution in [1.29, 1.82) is 0 Å². The smallest absolute Gasteiger partial charge is 0.326 e. The minimum absolute atomic E-state index is 0.0496. The van der Waals surface area contributed by atoms with Crippen molar-refractivity contribution in [3.05, 3.63) is 23.4 Å². The lowest BCUT2D eigenvalue weighted by Crippen LogP contribution is -2.61. The van der Waals surface area contributed by atoms with Crippen LogP contribution in [0, 0.1) is 0 Å². The van der Waals surface area contributed by atoms with Crippen LogP contribution in [-0.4, -0.2) is 64.8 Å². The van der Waals surface area contributed by atoms with E-state index in [0.29, 0.717) is 6.42 Å². The van der Waals surface area contributed by atoms with Crippen LogP contribution in [0.3, 0.4) is 0 Å². The van der Waals surface area contributed by atoms with Crippen molar-refractivity contribution in [3.8, 4) is 0 Å². The fourth-order valence-electron chi connectivity index (χ4n) is 4.71. The number of carboxylic acid groups (broad SMARTS) is 1. The number of urea groups is 1. The average Bonchev–Trinajstić information content (AvgIpc) is 2.77. The molecule has 3 rings (SSSR count). The largest absolute Gasteiger partial charge is 0.480 e. The molecule has 8 heteroatoms. The molecular weight excluding hydrogens is 406 g/mol. The number of unbranched alkanes of at least 4 members (excludes halogenated alkanes) is 4. The molecule has 0 radical (unpaired) electrons. The van der Waals surface area contributed by atoms with Crippen molar-refractivity contribution in [2.24, 2.45) is 0 Å². The number of fused-ring (bicyclic) bond motifs is 1. The van der Waals surface area contributed by atoms with Gasteiger partial charge in [-0.2, -0.15) is 0 Å². The van der Waals surface area contributed by atoms with Crippen molar-refractivity contribution in [3.63, 3.8) is 0 Å². The van der Waals surface area contributed by atoms with Crippen molar-refractivity contribution >= 4 is 17.8 Å². The number of nitrogens with zero attached hydrogens (tertiary/aromatic N) is 2. The number of carboxylic acids is 1. The summed E-state index contributed by atoms with van der Waals surface area (Å²) in [6.07, 6.45) is 8.75. The van der Waals surface area contributed by atoms with E-state index >= 15 is 0 Å². The maximum absolute atomic E-state index is 12.6. The molecule has 8 nitrogen and oxygen atoms in total. The molecule has 2 aliphatic heterocycles. The van der Waals surface area contributed by atoms with E-state index in [1.54, 1.807) is 4.90 Å². The number of rotatable bonds is 10. The Morgan fingerprint density at radius 1 is 1.16 bits per heavy atom. The lowest BCUT2D eigenvalue weighted by Gasteiger charge is -2.39. The number of aryl methyl sites for hydroxylation is 2. The summed E-state index contributed by atoms with van der Waals surface area (Å²) in [7, 11) is 0. The summed E-state index contributed by atoms with van der Waals surface area (Å²) in [6.45, 7) is 6.43. The molecule has 1 aromatic rings. The Kier molecular flexibility index (Phi) is 9.14. The Hall–Kier alpha value is -2.35. The molecule has 1 fully saturated rings. The van der Waals surface area contributed by atoms with E-state index in [4.69, 9.17) is 4.98 Å². The molecule has 32 heavy (non-hydrogen) atoms. The molecule has 1 aromatic heterocycles. The topological polar surface area (TPSA) is 107 Å². The Balaban J connectivity index is 1.32. The lowest BCUT2D eigenvalue weighted by atomic mass is 10.0. The number of pyridine rings is 1. The summed E-state index contributed by atoms with van der Waals surface area (Å²) in [5.74, 6) is 0.0981. The third kappa shape index (κ3) is 6.82. The van der Waals surface area contributed by atoms with Crippen LogP contribution >= 0.6 is 0 Å². The summed E-state index contributed by atoms with van der Waals surface area (Å²) in [4.78, 5) is 30.8. The van der Waals surface area contributed by atoms with Gasteiger partial charge in [0.2, 0.25) is 0 Å². The van der Waals surface area contributed by atoms with Crippen LogP contribution in [0.25, 0.3) is 0 Å². The highest BCUT2D eigenvalue weighted by Crippen LogP contribution is 2.20. The second-order valence-corrected chi connectivity index (χ2v) is 9.25. The third-order valence-corrected chi connectivity index (χ3v) is 6.54. The zero-order valence-electron chi connectivity index (χ0n) is 19.5. The first-order valence-corrected chi connectivity index (χ1v) is 12.2. The summed E-state index contributed by atoms with van der Waals surface area (Å²) in [5, 5.41) is 19.0. The standard InChI is InChI=1S/C24H39N5O3/c1-17-15-25-16-18(2)29(17)24(32)28-21(23(30)31)11-7-5-3-4-6-10-20-13-12-19-9-8-14-26-22(19)27-20/h12-13,17-18,21,25H,3-11,14-16H2,1-2H3,(H,26,27)(H,28,32)(H,30,31)/t17-,18+,21-/m0/s1. The van der Waals surface area contributed by atoms with Crippen molar-refractivity contribution in [1.82, 2.24) is 20.5 Å². The van der Waals surface area contributed by atoms with Gasteiger partial charge < -0.3 is 26.0 Å². The highest BCUT2D eigenvalue weighted by atomic mass is 16.4. The summed E-state index contributed by atoms with van der Waals surface area (Å²) < 4.78 is 0. The number of carbonyl (C=O) groups is 2. The molecule has 0 bridgehead atoms. The number of nitrogens with one attached hydrogen (secondary N) is 3. The third-order valence-electron chi connectivity index (χ3n) is 6.54. The number of amides is 2. The highest BCUT2D eigenvalue weighted by Gasteiger charge is 2.31. The second-order valence-electron chi connectivity index (χ2n) is 9.25. The van der Waals surface area contributed by atoms with Gasteiger partial charge in [0, 0.05) is 37.4 Å². The van der Waals surface area contributed by atoms with Gasteiger partial charge in [0.15, 0.2) is 0 Å².